The lowest BCUT2D eigenvalue weighted by atomic mass is 9.97. The number of carbonyl (C=O) groups excluding carboxylic acids is 1. The molecule has 1 aliphatic heterocycles. The number of benzene rings is 1. The van der Waals surface area contributed by atoms with Crippen molar-refractivity contribution in [2.24, 2.45) is 0 Å². The Morgan fingerprint density at radius 3 is 2.82 bits per heavy atom. The molecule has 1 atom stereocenters. The molecule has 22 heavy (non-hydrogen) atoms. The van der Waals surface area contributed by atoms with Gasteiger partial charge in [0.25, 0.3) is 0 Å². The van der Waals surface area contributed by atoms with Gasteiger partial charge in [-0.3, -0.25) is 4.90 Å². The maximum absolute atomic E-state index is 12.4. The number of nitrogens with one attached hydrogen (secondary N) is 1. The topological polar surface area (TPSA) is 65.6 Å². The average Bonchev–Trinajstić information content (AvgIpc) is 2.81. The van der Waals surface area contributed by atoms with Crippen molar-refractivity contribution in [3.05, 3.63) is 35.5 Å². The van der Waals surface area contributed by atoms with Crippen LogP contribution in [0.1, 0.15) is 32.0 Å². The molecule has 2 heterocycles. The molecule has 0 fully saturated rings. The first kappa shape index (κ1) is 14.9. The summed E-state index contributed by atoms with van der Waals surface area (Å²) in [7, 11) is 0. The maximum atomic E-state index is 12.4. The van der Waals surface area contributed by atoms with Gasteiger partial charge in [-0.05, 0) is 38.8 Å². The Hall–Kier alpha value is -2.01. The van der Waals surface area contributed by atoms with E-state index in [1.54, 1.807) is 4.90 Å². The van der Waals surface area contributed by atoms with Gasteiger partial charge >= 0.3 is 6.09 Å². The van der Waals surface area contributed by atoms with Crippen molar-refractivity contribution in [2.75, 3.05) is 6.61 Å². The van der Waals surface area contributed by atoms with Crippen molar-refractivity contribution in [2.45, 2.75) is 45.4 Å². The summed E-state index contributed by atoms with van der Waals surface area (Å²) < 4.78 is 5.46. The Labute approximate surface area is 129 Å². The van der Waals surface area contributed by atoms with E-state index < -0.39 is 5.60 Å². The van der Waals surface area contributed by atoms with Gasteiger partial charge in [0.2, 0.25) is 0 Å². The molecule has 118 valence electrons. The van der Waals surface area contributed by atoms with Crippen LogP contribution in [0.3, 0.4) is 0 Å². The van der Waals surface area contributed by atoms with Crippen molar-refractivity contribution >= 4 is 17.0 Å². The Bertz CT molecular complexity index is 699. The van der Waals surface area contributed by atoms with Gasteiger partial charge in [-0.25, -0.2) is 4.79 Å². The van der Waals surface area contributed by atoms with Crippen LogP contribution in [0.25, 0.3) is 10.9 Å². The van der Waals surface area contributed by atoms with Crippen LogP contribution in [0.5, 0.6) is 0 Å². The van der Waals surface area contributed by atoms with E-state index in [0.29, 0.717) is 13.0 Å². The number of nitrogens with zero attached hydrogens (tertiary/aromatic N) is 1. The second-order valence-corrected chi connectivity index (χ2v) is 6.78. The molecule has 2 aromatic rings. The minimum Gasteiger partial charge on any atom is -0.444 e. The third kappa shape index (κ3) is 2.68. The highest BCUT2D eigenvalue weighted by molar-refractivity contribution is 5.85. The molecule has 0 radical (unpaired) electrons. The molecule has 5 nitrogen and oxygen atoms in total. The van der Waals surface area contributed by atoms with E-state index in [1.165, 1.54) is 10.9 Å². The number of rotatable bonds is 1. The smallest absolute Gasteiger partial charge is 0.410 e. The van der Waals surface area contributed by atoms with Crippen LogP contribution in [0.4, 0.5) is 4.79 Å². The normalized spacial score (nSPS) is 18.4. The number of aromatic nitrogens is 1. The summed E-state index contributed by atoms with van der Waals surface area (Å²) in [5.41, 5.74) is 2.74. The number of aliphatic hydroxyl groups is 1. The molecule has 0 aliphatic carbocycles. The molecule has 5 heteroatoms. The zero-order valence-electron chi connectivity index (χ0n) is 13.2. The van der Waals surface area contributed by atoms with E-state index in [0.717, 1.165) is 11.2 Å². The first-order chi connectivity index (χ1) is 10.4. The van der Waals surface area contributed by atoms with Crippen LogP contribution in [-0.4, -0.2) is 39.3 Å². The van der Waals surface area contributed by atoms with Crippen LogP contribution in [-0.2, 0) is 17.7 Å². The highest BCUT2D eigenvalue weighted by atomic mass is 16.6. The molecular formula is C17H22N2O3. The second kappa shape index (κ2) is 5.32. The highest BCUT2D eigenvalue weighted by Gasteiger charge is 2.34. The molecule has 1 aliphatic rings. The molecule has 3 rings (SSSR count). The molecular weight excluding hydrogens is 280 g/mol. The molecule has 0 saturated heterocycles. The van der Waals surface area contributed by atoms with E-state index in [2.05, 4.69) is 11.1 Å². The lowest BCUT2D eigenvalue weighted by Gasteiger charge is -2.35. The minimum atomic E-state index is -0.544. The van der Waals surface area contributed by atoms with E-state index in [-0.39, 0.29) is 18.7 Å². The van der Waals surface area contributed by atoms with Gasteiger partial charge in [0.15, 0.2) is 0 Å². The van der Waals surface area contributed by atoms with E-state index in [1.807, 2.05) is 39.0 Å². The largest absolute Gasteiger partial charge is 0.444 e. The molecule has 0 saturated carbocycles. The Kier molecular flexibility index (Phi) is 3.60. The van der Waals surface area contributed by atoms with Crippen molar-refractivity contribution in [1.82, 2.24) is 9.88 Å². The van der Waals surface area contributed by atoms with Crippen LogP contribution in [0.2, 0.25) is 0 Å². The second-order valence-electron chi connectivity index (χ2n) is 6.78. The van der Waals surface area contributed by atoms with Crippen molar-refractivity contribution < 1.29 is 14.6 Å². The third-order valence-corrected chi connectivity index (χ3v) is 3.95. The predicted octanol–water partition coefficient (Wildman–Crippen LogP) is 2.82. The number of para-hydroxylation sites is 1. The Morgan fingerprint density at radius 1 is 1.41 bits per heavy atom. The van der Waals surface area contributed by atoms with Crippen LogP contribution in [0, 0.1) is 0 Å². The van der Waals surface area contributed by atoms with E-state index in [9.17, 15) is 9.90 Å². The lowest BCUT2D eigenvalue weighted by molar-refractivity contribution is 0.00437. The molecule has 0 spiro atoms. The summed E-state index contributed by atoms with van der Waals surface area (Å²) in [5, 5.41) is 10.9. The highest BCUT2D eigenvalue weighted by Crippen LogP contribution is 2.30. The van der Waals surface area contributed by atoms with Crippen LogP contribution in [0.15, 0.2) is 24.3 Å². The molecule has 1 aromatic carbocycles. The van der Waals surface area contributed by atoms with E-state index in [4.69, 9.17) is 4.74 Å². The first-order valence-corrected chi connectivity index (χ1v) is 7.58. The van der Waals surface area contributed by atoms with Crippen molar-refractivity contribution in [1.29, 1.82) is 0 Å². The number of aromatic amines is 1. The van der Waals surface area contributed by atoms with Gasteiger partial charge < -0.3 is 14.8 Å². The summed E-state index contributed by atoms with van der Waals surface area (Å²) in [6.07, 6.45) is 0.255. The first-order valence-electron chi connectivity index (χ1n) is 7.58. The van der Waals surface area contributed by atoms with Gasteiger partial charge in [-0.1, -0.05) is 18.2 Å². The maximum Gasteiger partial charge on any atom is 0.410 e. The number of H-pyrrole nitrogens is 1. The molecule has 1 aromatic heterocycles. The number of hydrogen-bond acceptors (Lipinski definition) is 3. The number of aliphatic hydroxyl groups excluding tert-OH is 1. The van der Waals surface area contributed by atoms with Gasteiger partial charge in [-0.2, -0.15) is 0 Å². The van der Waals surface area contributed by atoms with E-state index >= 15 is 0 Å². The molecule has 0 bridgehead atoms. The average molecular weight is 302 g/mol. The number of carbonyl (C=O) groups is 1. The Morgan fingerprint density at radius 2 is 2.14 bits per heavy atom. The number of fused-ring (bicyclic) bond motifs is 3. The summed E-state index contributed by atoms with van der Waals surface area (Å²) in [6.45, 7) is 5.90. The van der Waals surface area contributed by atoms with Crippen LogP contribution < -0.4 is 0 Å². The summed E-state index contributed by atoms with van der Waals surface area (Å²) in [6, 6.07) is 7.84. The summed E-state index contributed by atoms with van der Waals surface area (Å²) in [5.74, 6) is 0. The van der Waals surface area contributed by atoms with Gasteiger partial charge in [0.1, 0.15) is 5.60 Å². The zero-order chi connectivity index (χ0) is 15.9. The van der Waals surface area contributed by atoms with Gasteiger partial charge in [0, 0.05) is 16.6 Å². The van der Waals surface area contributed by atoms with Crippen molar-refractivity contribution in [3.8, 4) is 0 Å². The van der Waals surface area contributed by atoms with Gasteiger partial charge in [-0.15, -0.1) is 0 Å². The number of amides is 1. The van der Waals surface area contributed by atoms with Crippen molar-refractivity contribution in [3.63, 3.8) is 0 Å². The quantitative estimate of drug-likeness (QED) is 0.851. The summed E-state index contributed by atoms with van der Waals surface area (Å²) >= 11 is 0. The lowest BCUT2D eigenvalue weighted by Crippen LogP contribution is -2.48. The Balaban J connectivity index is 1.93. The third-order valence-electron chi connectivity index (χ3n) is 3.95. The summed E-state index contributed by atoms with van der Waals surface area (Å²) in [4.78, 5) is 17.4. The standard InChI is InChI=1S/C17H22N2O3/c1-17(2,3)22-16(21)19-9-15-13(8-11(19)10-20)12-6-4-5-7-14(12)18-15/h4-7,11,18,20H,8-10H2,1-3H3/t11-/m1/s1. The number of hydrogen-bond donors (Lipinski definition) is 2. The SMILES string of the molecule is CC(C)(C)OC(=O)N1Cc2[nH]c3ccccc3c2C[C@@H]1CO. The fourth-order valence-corrected chi connectivity index (χ4v) is 2.97. The molecule has 0 unspecified atom stereocenters. The predicted molar refractivity (Wildman–Crippen MR) is 84.7 cm³/mol. The van der Waals surface area contributed by atoms with Gasteiger partial charge in [0.05, 0.1) is 19.2 Å². The number of ether oxygens (including phenoxy) is 1. The fourth-order valence-electron chi connectivity index (χ4n) is 2.97. The monoisotopic (exact) mass is 302 g/mol. The minimum absolute atomic E-state index is 0.0712. The molecule has 1 amide bonds. The van der Waals surface area contributed by atoms with Crippen LogP contribution >= 0.6 is 0 Å². The fraction of sp³-hybridized carbons (Fsp3) is 0.471. The zero-order valence-corrected chi connectivity index (χ0v) is 13.2. The molecule has 2 N–H and O–H groups in total.